The van der Waals surface area contributed by atoms with Crippen molar-refractivity contribution in [3.63, 3.8) is 0 Å². The van der Waals surface area contributed by atoms with Crippen LogP contribution in [0.4, 0.5) is 0 Å². The number of hydrogen-bond donors (Lipinski definition) is 0. The Bertz CT molecular complexity index is 691. The first-order valence-corrected chi connectivity index (χ1v) is 10.3. The lowest BCUT2D eigenvalue weighted by atomic mass is 10.2. The maximum absolute atomic E-state index is 12.7. The highest BCUT2D eigenvalue weighted by Crippen LogP contribution is 2.27. The van der Waals surface area contributed by atoms with Gasteiger partial charge in [0, 0.05) is 12.3 Å². The maximum Gasteiger partial charge on any atom is 0.207 e. The Morgan fingerprint density at radius 3 is 2.46 bits per heavy atom. The first-order chi connectivity index (χ1) is 11.8. The first kappa shape index (κ1) is 17.4. The second-order valence-electron chi connectivity index (χ2n) is 5.76. The van der Waals surface area contributed by atoms with Crippen molar-refractivity contribution in [3.8, 4) is 0 Å². The molecule has 0 amide bonds. The standard InChI is InChI=1S/C19H21NO2S2/c21-19(23-15-13-16-8-3-1-4-9-16)18-12-7-14-20(18)24(22)17-10-5-2-6-11-17/h1-6,8-11,18H,7,12-15H2/t18-,24?/m0/s1. The fourth-order valence-electron chi connectivity index (χ4n) is 2.86. The molecule has 1 heterocycles. The number of carbonyl (C=O) groups is 1. The predicted octanol–water partition coefficient (Wildman–Crippen LogP) is 3.68. The van der Waals surface area contributed by atoms with Crippen LogP contribution < -0.4 is 0 Å². The van der Waals surface area contributed by atoms with Crippen LogP contribution in [0.15, 0.2) is 65.6 Å². The Balaban J connectivity index is 1.56. The molecule has 0 N–H and O–H groups in total. The minimum atomic E-state index is -1.25. The molecule has 3 rings (SSSR count). The second-order valence-corrected chi connectivity index (χ2v) is 8.30. The number of hydrogen-bond acceptors (Lipinski definition) is 3. The summed E-state index contributed by atoms with van der Waals surface area (Å²) in [6.45, 7) is 0.719. The van der Waals surface area contributed by atoms with E-state index in [4.69, 9.17) is 0 Å². The third kappa shape index (κ3) is 4.35. The molecule has 3 nitrogen and oxygen atoms in total. The van der Waals surface area contributed by atoms with Crippen molar-refractivity contribution in [3.05, 3.63) is 66.2 Å². The number of benzene rings is 2. The summed E-state index contributed by atoms with van der Waals surface area (Å²) in [5, 5.41) is 0.146. The molecule has 1 saturated heterocycles. The zero-order chi connectivity index (χ0) is 16.8. The summed E-state index contributed by atoms with van der Waals surface area (Å²) < 4.78 is 14.6. The van der Waals surface area contributed by atoms with Gasteiger partial charge < -0.3 is 0 Å². The van der Waals surface area contributed by atoms with Crippen LogP contribution in [-0.4, -0.2) is 32.0 Å². The summed E-state index contributed by atoms with van der Waals surface area (Å²) in [6, 6.07) is 19.4. The third-order valence-electron chi connectivity index (χ3n) is 4.11. The van der Waals surface area contributed by atoms with E-state index in [1.165, 1.54) is 17.3 Å². The van der Waals surface area contributed by atoms with Crippen molar-refractivity contribution in [1.29, 1.82) is 0 Å². The van der Waals surface area contributed by atoms with Gasteiger partial charge in [0.1, 0.15) is 11.0 Å². The fraction of sp³-hybridized carbons (Fsp3) is 0.316. The molecule has 24 heavy (non-hydrogen) atoms. The Hall–Kier alpha value is -1.43. The Morgan fingerprint density at radius 1 is 1.08 bits per heavy atom. The molecule has 0 aromatic heterocycles. The molecule has 0 bridgehead atoms. The van der Waals surface area contributed by atoms with Crippen molar-refractivity contribution in [2.75, 3.05) is 12.3 Å². The minimum absolute atomic E-state index is 0.146. The van der Waals surface area contributed by atoms with Crippen molar-refractivity contribution in [2.24, 2.45) is 0 Å². The molecule has 2 aromatic carbocycles. The van der Waals surface area contributed by atoms with Gasteiger partial charge in [-0.05, 0) is 37.0 Å². The average molecular weight is 360 g/mol. The van der Waals surface area contributed by atoms with E-state index in [1.54, 1.807) is 0 Å². The molecule has 1 aliphatic heterocycles. The molecule has 0 spiro atoms. The lowest BCUT2D eigenvalue weighted by molar-refractivity contribution is -0.113. The van der Waals surface area contributed by atoms with E-state index < -0.39 is 11.0 Å². The van der Waals surface area contributed by atoms with Gasteiger partial charge in [-0.15, -0.1) is 0 Å². The number of nitrogens with zero attached hydrogens (tertiary/aromatic N) is 1. The van der Waals surface area contributed by atoms with Crippen LogP contribution in [-0.2, 0) is 22.2 Å². The molecule has 0 radical (unpaired) electrons. The van der Waals surface area contributed by atoms with Crippen LogP contribution in [0.1, 0.15) is 18.4 Å². The molecule has 126 valence electrons. The Kier molecular flexibility index (Phi) is 6.24. The topological polar surface area (TPSA) is 37.4 Å². The number of carbonyl (C=O) groups excluding carboxylic acids is 1. The van der Waals surface area contributed by atoms with Gasteiger partial charge in [-0.3, -0.25) is 4.79 Å². The van der Waals surface area contributed by atoms with E-state index >= 15 is 0 Å². The summed E-state index contributed by atoms with van der Waals surface area (Å²) >= 11 is 1.37. The molecule has 1 fully saturated rings. The van der Waals surface area contributed by atoms with Gasteiger partial charge in [0.05, 0.1) is 10.9 Å². The van der Waals surface area contributed by atoms with E-state index in [-0.39, 0.29) is 11.2 Å². The largest absolute Gasteiger partial charge is 0.285 e. The van der Waals surface area contributed by atoms with E-state index in [0.29, 0.717) is 0 Å². The highest BCUT2D eigenvalue weighted by molar-refractivity contribution is 8.13. The second kappa shape index (κ2) is 8.60. The van der Waals surface area contributed by atoms with Crippen LogP contribution in [0.2, 0.25) is 0 Å². The van der Waals surface area contributed by atoms with Crippen LogP contribution in [0.25, 0.3) is 0 Å². The quantitative estimate of drug-likeness (QED) is 0.790. The van der Waals surface area contributed by atoms with Gasteiger partial charge in [0.15, 0.2) is 0 Å². The molecule has 1 unspecified atom stereocenters. The molecule has 0 aliphatic carbocycles. The lowest BCUT2D eigenvalue weighted by Gasteiger charge is -2.21. The zero-order valence-corrected chi connectivity index (χ0v) is 15.1. The monoisotopic (exact) mass is 359 g/mol. The van der Waals surface area contributed by atoms with Crippen LogP contribution in [0.5, 0.6) is 0 Å². The predicted molar refractivity (Wildman–Crippen MR) is 100 cm³/mol. The van der Waals surface area contributed by atoms with Crippen molar-refractivity contribution < 1.29 is 9.00 Å². The van der Waals surface area contributed by atoms with Gasteiger partial charge in [-0.25, -0.2) is 8.51 Å². The first-order valence-electron chi connectivity index (χ1n) is 8.20. The van der Waals surface area contributed by atoms with Crippen LogP contribution >= 0.6 is 11.8 Å². The summed E-state index contributed by atoms with van der Waals surface area (Å²) in [6.07, 6.45) is 2.61. The van der Waals surface area contributed by atoms with Crippen molar-refractivity contribution in [1.82, 2.24) is 4.31 Å². The summed E-state index contributed by atoms with van der Waals surface area (Å²) in [7, 11) is -1.25. The number of aryl methyl sites for hydroxylation is 1. The van der Waals surface area contributed by atoms with Gasteiger partial charge >= 0.3 is 0 Å². The van der Waals surface area contributed by atoms with Gasteiger partial charge in [-0.2, -0.15) is 0 Å². The Morgan fingerprint density at radius 2 is 1.75 bits per heavy atom. The van der Waals surface area contributed by atoms with E-state index in [1.807, 2.05) is 52.8 Å². The average Bonchev–Trinajstić information content (AvgIpc) is 3.12. The highest BCUT2D eigenvalue weighted by Gasteiger charge is 2.34. The zero-order valence-electron chi connectivity index (χ0n) is 13.5. The van der Waals surface area contributed by atoms with Gasteiger partial charge in [-0.1, -0.05) is 60.3 Å². The summed E-state index contributed by atoms with van der Waals surface area (Å²) in [5.41, 5.74) is 1.24. The summed E-state index contributed by atoms with van der Waals surface area (Å²) in [4.78, 5) is 13.3. The van der Waals surface area contributed by atoms with Crippen molar-refractivity contribution in [2.45, 2.75) is 30.2 Å². The van der Waals surface area contributed by atoms with Gasteiger partial charge in [0.2, 0.25) is 5.12 Å². The minimum Gasteiger partial charge on any atom is -0.285 e. The number of rotatable bonds is 6. The molecule has 5 heteroatoms. The lowest BCUT2D eigenvalue weighted by Crippen LogP contribution is -2.36. The molecular weight excluding hydrogens is 338 g/mol. The van der Waals surface area contributed by atoms with Crippen molar-refractivity contribution >= 4 is 27.9 Å². The molecule has 2 aromatic rings. The summed E-state index contributed by atoms with van der Waals surface area (Å²) in [5.74, 6) is 0.769. The fourth-order valence-corrected chi connectivity index (χ4v) is 5.29. The van der Waals surface area contributed by atoms with E-state index in [2.05, 4.69) is 12.1 Å². The molecule has 0 saturated carbocycles. The Labute approximate surface area is 150 Å². The van der Waals surface area contributed by atoms with Crippen LogP contribution in [0.3, 0.4) is 0 Å². The maximum atomic E-state index is 12.7. The smallest absolute Gasteiger partial charge is 0.207 e. The molecule has 2 atom stereocenters. The molecular formula is C19H21NO2S2. The van der Waals surface area contributed by atoms with Crippen LogP contribution in [0, 0.1) is 0 Å². The van der Waals surface area contributed by atoms with E-state index in [0.717, 1.165) is 36.5 Å². The molecule has 1 aliphatic rings. The van der Waals surface area contributed by atoms with E-state index in [9.17, 15) is 9.00 Å². The number of thioether (sulfide) groups is 1. The third-order valence-corrected chi connectivity index (χ3v) is 6.61. The van der Waals surface area contributed by atoms with Gasteiger partial charge in [0.25, 0.3) is 0 Å². The SMILES string of the molecule is O=C(SCCc1ccccc1)[C@@H]1CCCN1S(=O)c1ccccc1. The highest BCUT2D eigenvalue weighted by atomic mass is 32.2. The normalized spacial score (nSPS) is 19.2.